The highest BCUT2D eigenvalue weighted by Crippen LogP contribution is 2.28. The highest BCUT2D eigenvalue weighted by atomic mass is 35.5. The van der Waals surface area contributed by atoms with Gasteiger partial charge in [-0.15, -0.1) is 0 Å². The fourth-order valence-corrected chi connectivity index (χ4v) is 3.09. The normalized spacial score (nSPS) is 11.0. The molecular formula is C14H14ClNO4S. The Kier molecular flexibility index (Phi) is 4.59. The molecule has 0 saturated carbocycles. The molecule has 0 heterocycles. The van der Waals surface area contributed by atoms with Crippen molar-refractivity contribution in [2.75, 3.05) is 18.9 Å². The molecule has 0 aliphatic rings. The van der Waals surface area contributed by atoms with Crippen LogP contribution < -0.4 is 14.2 Å². The maximum Gasteiger partial charge on any atom is 0.261 e. The number of benzene rings is 2. The van der Waals surface area contributed by atoms with Gasteiger partial charge in [0.15, 0.2) is 0 Å². The second-order valence-electron chi connectivity index (χ2n) is 4.13. The maximum absolute atomic E-state index is 12.3. The zero-order chi connectivity index (χ0) is 15.5. The minimum absolute atomic E-state index is 0.0594. The van der Waals surface area contributed by atoms with E-state index in [0.29, 0.717) is 17.2 Å². The molecule has 21 heavy (non-hydrogen) atoms. The molecule has 0 spiro atoms. The van der Waals surface area contributed by atoms with Gasteiger partial charge in [-0.05, 0) is 42.5 Å². The van der Waals surface area contributed by atoms with Crippen LogP contribution in [-0.2, 0) is 10.0 Å². The molecule has 2 rings (SSSR count). The predicted molar refractivity (Wildman–Crippen MR) is 81.8 cm³/mol. The van der Waals surface area contributed by atoms with Crippen LogP contribution in [0, 0.1) is 0 Å². The Labute approximate surface area is 128 Å². The minimum atomic E-state index is -3.71. The summed E-state index contributed by atoms with van der Waals surface area (Å²) in [6, 6.07) is 10.8. The molecule has 0 aliphatic carbocycles. The Balaban J connectivity index is 2.26. The van der Waals surface area contributed by atoms with E-state index in [0.717, 1.165) is 0 Å². The van der Waals surface area contributed by atoms with E-state index >= 15 is 0 Å². The molecule has 0 fully saturated rings. The molecule has 0 bridgehead atoms. The van der Waals surface area contributed by atoms with E-state index in [4.69, 9.17) is 21.1 Å². The Morgan fingerprint density at radius 3 is 2.19 bits per heavy atom. The van der Waals surface area contributed by atoms with Crippen LogP contribution in [0.3, 0.4) is 0 Å². The predicted octanol–water partition coefficient (Wildman–Crippen LogP) is 3.16. The van der Waals surface area contributed by atoms with E-state index in [1.165, 1.54) is 25.3 Å². The van der Waals surface area contributed by atoms with Crippen molar-refractivity contribution in [3.05, 3.63) is 47.5 Å². The number of hydrogen-bond acceptors (Lipinski definition) is 4. The zero-order valence-electron chi connectivity index (χ0n) is 11.5. The van der Waals surface area contributed by atoms with E-state index < -0.39 is 10.0 Å². The fraction of sp³-hybridized carbons (Fsp3) is 0.143. The number of halogens is 1. The maximum atomic E-state index is 12.3. The molecule has 0 aromatic heterocycles. The van der Waals surface area contributed by atoms with Gasteiger partial charge < -0.3 is 9.47 Å². The van der Waals surface area contributed by atoms with Crippen LogP contribution in [0.4, 0.5) is 5.69 Å². The molecule has 0 radical (unpaired) electrons. The minimum Gasteiger partial charge on any atom is -0.497 e. The van der Waals surface area contributed by atoms with Crippen LogP contribution in [0.2, 0.25) is 5.02 Å². The molecule has 7 heteroatoms. The van der Waals surface area contributed by atoms with Crippen molar-refractivity contribution in [1.29, 1.82) is 0 Å². The monoisotopic (exact) mass is 327 g/mol. The molecule has 0 aliphatic heterocycles. The summed E-state index contributed by atoms with van der Waals surface area (Å²) >= 11 is 5.94. The van der Waals surface area contributed by atoms with Gasteiger partial charge in [-0.3, -0.25) is 4.72 Å². The van der Waals surface area contributed by atoms with Crippen LogP contribution in [0.1, 0.15) is 0 Å². The van der Waals surface area contributed by atoms with E-state index in [1.807, 2.05) is 0 Å². The van der Waals surface area contributed by atoms with Gasteiger partial charge in [-0.25, -0.2) is 8.42 Å². The van der Waals surface area contributed by atoms with Crippen LogP contribution in [-0.4, -0.2) is 22.6 Å². The molecule has 1 N–H and O–H groups in total. The van der Waals surface area contributed by atoms with Gasteiger partial charge in [0.05, 0.1) is 24.1 Å². The molecule has 0 unspecified atom stereocenters. The third-order valence-corrected chi connectivity index (χ3v) is 4.45. The molecular weight excluding hydrogens is 314 g/mol. The first kappa shape index (κ1) is 15.5. The number of methoxy groups -OCH3 is 2. The van der Waals surface area contributed by atoms with Gasteiger partial charge in [0, 0.05) is 5.69 Å². The van der Waals surface area contributed by atoms with Gasteiger partial charge in [0.2, 0.25) is 0 Å². The lowest BCUT2D eigenvalue weighted by Crippen LogP contribution is -2.12. The third kappa shape index (κ3) is 3.59. The van der Waals surface area contributed by atoms with Crippen LogP contribution in [0.25, 0.3) is 0 Å². The van der Waals surface area contributed by atoms with Crippen molar-refractivity contribution in [2.45, 2.75) is 4.90 Å². The van der Waals surface area contributed by atoms with Gasteiger partial charge >= 0.3 is 0 Å². The number of rotatable bonds is 5. The smallest absolute Gasteiger partial charge is 0.261 e. The standard InChI is InChI=1S/C14H14ClNO4S/c1-19-11-5-3-10(4-6-11)16-21(17,18)12-7-8-14(20-2)13(15)9-12/h3-9,16H,1-2H3. The first-order valence-corrected chi connectivity index (χ1v) is 7.83. The van der Waals surface area contributed by atoms with Crippen LogP contribution in [0.15, 0.2) is 47.4 Å². The fourth-order valence-electron chi connectivity index (χ4n) is 1.69. The lowest BCUT2D eigenvalue weighted by molar-refractivity contribution is 0.414. The largest absolute Gasteiger partial charge is 0.497 e. The van der Waals surface area contributed by atoms with Crippen molar-refractivity contribution < 1.29 is 17.9 Å². The van der Waals surface area contributed by atoms with Crippen molar-refractivity contribution in [1.82, 2.24) is 0 Å². The molecule has 2 aromatic carbocycles. The van der Waals surface area contributed by atoms with Gasteiger partial charge in [0.1, 0.15) is 11.5 Å². The summed E-state index contributed by atoms with van der Waals surface area (Å²) in [7, 11) is -0.708. The second kappa shape index (κ2) is 6.24. The first-order chi connectivity index (χ1) is 9.96. The summed E-state index contributed by atoms with van der Waals surface area (Å²) in [5.74, 6) is 1.06. The third-order valence-electron chi connectivity index (χ3n) is 2.78. The number of hydrogen-bond donors (Lipinski definition) is 1. The average molecular weight is 328 g/mol. The quantitative estimate of drug-likeness (QED) is 0.916. The van der Waals surface area contributed by atoms with Gasteiger partial charge in [0.25, 0.3) is 10.0 Å². The summed E-state index contributed by atoms with van der Waals surface area (Å²) in [4.78, 5) is 0.0594. The first-order valence-electron chi connectivity index (χ1n) is 5.96. The molecule has 5 nitrogen and oxygen atoms in total. The number of sulfonamides is 1. The van der Waals surface area contributed by atoms with Crippen LogP contribution >= 0.6 is 11.6 Å². The zero-order valence-corrected chi connectivity index (χ0v) is 13.0. The van der Waals surface area contributed by atoms with E-state index in [-0.39, 0.29) is 9.92 Å². The Morgan fingerprint density at radius 1 is 1.00 bits per heavy atom. The number of ether oxygens (including phenoxy) is 2. The lowest BCUT2D eigenvalue weighted by Gasteiger charge is -2.10. The summed E-state index contributed by atoms with van der Waals surface area (Å²) in [6.07, 6.45) is 0. The molecule has 0 saturated heterocycles. The summed E-state index contributed by atoms with van der Waals surface area (Å²) in [5, 5.41) is 0.232. The van der Waals surface area contributed by atoms with E-state index in [9.17, 15) is 8.42 Å². The summed E-state index contributed by atoms with van der Waals surface area (Å²) in [5.41, 5.74) is 0.433. The highest BCUT2D eigenvalue weighted by molar-refractivity contribution is 7.92. The number of nitrogens with one attached hydrogen (secondary N) is 1. The molecule has 112 valence electrons. The average Bonchev–Trinajstić information content (AvgIpc) is 2.47. The van der Waals surface area contributed by atoms with Crippen molar-refractivity contribution in [3.8, 4) is 11.5 Å². The topological polar surface area (TPSA) is 64.6 Å². The van der Waals surface area contributed by atoms with E-state index in [1.54, 1.807) is 31.4 Å². The molecule has 0 amide bonds. The van der Waals surface area contributed by atoms with E-state index in [2.05, 4.69) is 4.72 Å². The summed E-state index contributed by atoms with van der Waals surface area (Å²) < 4.78 is 37.0. The van der Waals surface area contributed by atoms with Gasteiger partial charge in [-0.2, -0.15) is 0 Å². The van der Waals surface area contributed by atoms with Gasteiger partial charge in [-0.1, -0.05) is 11.6 Å². The molecule has 0 atom stereocenters. The Bertz CT molecular complexity index is 729. The number of anilines is 1. The van der Waals surface area contributed by atoms with Crippen molar-refractivity contribution >= 4 is 27.3 Å². The SMILES string of the molecule is COc1ccc(NS(=O)(=O)c2ccc(OC)c(Cl)c2)cc1. The van der Waals surface area contributed by atoms with Crippen molar-refractivity contribution in [2.24, 2.45) is 0 Å². The Morgan fingerprint density at radius 2 is 1.67 bits per heavy atom. The molecule has 2 aromatic rings. The summed E-state index contributed by atoms with van der Waals surface area (Å²) in [6.45, 7) is 0. The lowest BCUT2D eigenvalue weighted by atomic mass is 10.3. The Hall–Kier alpha value is -1.92. The highest BCUT2D eigenvalue weighted by Gasteiger charge is 2.16. The van der Waals surface area contributed by atoms with Crippen molar-refractivity contribution in [3.63, 3.8) is 0 Å². The second-order valence-corrected chi connectivity index (χ2v) is 6.22. The van der Waals surface area contributed by atoms with Crippen LogP contribution in [0.5, 0.6) is 11.5 Å².